The number of hydrogen-bond donors (Lipinski definition) is 0. The summed E-state index contributed by atoms with van der Waals surface area (Å²) in [4.78, 5) is 13.5. The molecule has 2 aliphatic heterocycles. The van der Waals surface area contributed by atoms with E-state index < -0.39 is 0 Å². The number of nitrogens with zero attached hydrogens (tertiary/aromatic N) is 5. The van der Waals surface area contributed by atoms with Gasteiger partial charge in [-0.2, -0.15) is 5.26 Å². The molecule has 20 heavy (non-hydrogen) atoms. The molecule has 3 rings (SSSR count). The molecule has 2 aliphatic rings. The van der Waals surface area contributed by atoms with Gasteiger partial charge in [0, 0.05) is 37.9 Å². The van der Waals surface area contributed by atoms with Crippen molar-refractivity contribution >= 4 is 5.95 Å². The molecule has 0 bridgehead atoms. The highest BCUT2D eigenvalue weighted by molar-refractivity contribution is 5.37. The van der Waals surface area contributed by atoms with Gasteiger partial charge in [0.15, 0.2) is 0 Å². The summed E-state index contributed by atoms with van der Waals surface area (Å²) in [6.07, 6.45) is 1.12. The minimum Gasteiger partial charge on any atom is -0.379 e. The fourth-order valence-electron chi connectivity index (χ4n) is 2.92. The lowest BCUT2D eigenvalue weighted by Gasteiger charge is -2.32. The van der Waals surface area contributed by atoms with Crippen LogP contribution in [0.1, 0.15) is 17.8 Å². The van der Waals surface area contributed by atoms with Gasteiger partial charge in [-0.05, 0) is 19.4 Å². The molecule has 1 atom stereocenters. The van der Waals surface area contributed by atoms with Crippen LogP contribution in [0.5, 0.6) is 0 Å². The van der Waals surface area contributed by atoms with Crippen LogP contribution in [0.3, 0.4) is 0 Å². The summed E-state index contributed by atoms with van der Waals surface area (Å²) in [5, 5.41) is 9.00. The lowest BCUT2D eigenvalue weighted by molar-refractivity contribution is 0.0209. The first-order valence-corrected chi connectivity index (χ1v) is 7.09. The van der Waals surface area contributed by atoms with Gasteiger partial charge in [-0.3, -0.25) is 4.90 Å². The summed E-state index contributed by atoms with van der Waals surface area (Å²) < 4.78 is 5.40. The number of anilines is 1. The molecule has 2 saturated heterocycles. The van der Waals surface area contributed by atoms with E-state index in [4.69, 9.17) is 10.00 Å². The normalized spacial score (nSPS) is 23.8. The summed E-state index contributed by atoms with van der Waals surface area (Å²) in [5.41, 5.74) is 1.30. The van der Waals surface area contributed by atoms with Crippen LogP contribution in [0.4, 0.5) is 5.95 Å². The van der Waals surface area contributed by atoms with Crippen LogP contribution in [0.15, 0.2) is 6.07 Å². The molecule has 0 N–H and O–H groups in total. The van der Waals surface area contributed by atoms with E-state index in [1.54, 1.807) is 6.07 Å². The van der Waals surface area contributed by atoms with Crippen molar-refractivity contribution in [2.45, 2.75) is 19.4 Å². The Balaban J connectivity index is 1.70. The number of hydrogen-bond acceptors (Lipinski definition) is 6. The third-order valence-electron chi connectivity index (χ3n) is 3.97. The first kappa shape index (κ1) is 13.3. The smallest absolute Gasteiger partial charge is 0.226 e. The van der Waals surface area contributed by atoms with E-state index >= 15 is 0 Å². The molecule has 1 aromatic heterocycles. The zero-order valence-electron chi connectivity index (χ0n) is 11.7. The molecule has 0 amide bonds. The standard InChI is InChI=1S/C14H19N5O/c1-11-8-12(9-15)17-14(16-11)19-3-2-13(10-19)18-4-6-20-7-5-18/h8,13H,2-7,10H2,1H3. The SMILES string of the molecule is Cc1cc(C#N)nc(N2CCC(N3CCOCC3)C2)n1. The molecule has 3 heterocycles. The molecule has 0 saturated carbocycles. The van der Waals surface area contributed by atoms with Gasteiger partial charge in [-0.25, -0.2) is 9.97 Å². The van der Waals surface area contributed by atoms with Crippen molar-refractivity contribution in [3.8, 4) is 6.07 Å². The summed E-state index contributed by atoms with van der Waals surface area (Å²) >= 11 is 0. The summed E-state index contributed by atoms with van der Waals surface area (Å²) in [6, 6.07) is 4.37. The highest BCUT2D eigenvalue weighted by Gasteiger charge is 2.30. The van der Waals surface area contributed by atoms with Crippen molar-refractivity contribution in [2.75, 3.05) is 44.3 Å². The molecule has 106 valence electrons. The van der Waals surface area contributed by atoms with Gasteiger partial charge in [0.1, 0.15) is 11.8 Å². The minimum absolute atomic E-state index is 0.447. The van der Waals surface area contributed by atoms with Gasteiger partial charge in [0.2, 0.25) is 5.95 Å². The summed E-state index contributed by atoms with van der Waals surface area (Å²) in [6.45, 7) is 7.48. The zero-order valence-corrected chi connectivity index (χ0v) is 11.7. The Bertz CT molecular complexity index is 521. The Morgan fingerprint density at radius 1 is 1.30 bits per heavy atom. The van der Waals surface area contributed by atoms with E-state index in [1.165, 1.54) is 0 Å². The van der Waals surface area contributed by atoms with E-state index in [9.17, 15) is 0 Å². The van der Waals surface area contributed by atoms with E-state index in [0.29, 0.717) is 17.7 Å². The van der Waals surface area contributed by atoms with Crippen molar-refractivity contribution in [1.29, 1.82) is 5.26 Å². The van der Waals surface area contributed by atoms with Crippen LogP contribution in [-0.4, -0.2) is 60.3 Å². The average Bonchev–Trinajstić information content (AvgIpc) is 2.97. The minimum atomic E-state index is 0.447. The average molecular weight is 273 g/mol. The van der Waals surface area contributed by atoms with Crippen molar-refractivity contribution in [3.05, 3.63) is 17.5 Å². The maximum atomic E-state index is 9.00. The lowest BCUT2D eigenvalue weighted by atomic mass is 10.2. The molecular formula is C14H19N5O. The van der Waals surface area contributed by atoms with Gasteiger partial charge in [-0.1, -0.05) is 0 Å². The molecule has 2 fully saturated rings. The van der Waals surface area contributed by atoms with Crippen molar-refractivity contribution in [2.24, 2.45) is 0 Å². The Hall–Kier alpha value is -1.71. The second-order valence-electron chi connectivity index (χ2n) is 5.34. The molecule has 0 aromatic carbocycles. The molecular weight excluding hydrogens is 254 g/mol. The fourth-order valence-corrected chi connectivity index (χ4v) is 2.92. The number of rotatable bonds is 2. The Kier molecular flexibility index (Phi) is 3.81. The van der Waals surface area contributed by atoms with Crippen LogP contribution >= 0.6 is 0 Å². The second kappa shape index (κ2) is 5.73. The molecule has 6 heteroatoms. The molecule has 0 aliphatic carbocycles. The highest BCUT2D eigenvalue weighted by Crippen LogP contribution is 2.21. The van der Waals surface area contributed by atoms with Crippen molar-refractivity contribution in [1.82, 2.24) is 14.9 Å². The van der Waals surface area contributed by atoms with Crippen LogP contribution in [0.2, 0.25) is 0 Å². The zero-order chi connectivity index (χ0) is 13.9. The highest BCUT2D eigenvalue weighted by atomic mass is 16.5. The first-order chi connectivity index (χ1) is 9.76. The van der Waals surface area contributed by atoms with E-state index in [0.717, 1.165) is 51.5 Å². The number of aryl methyl sites for hydroxylation is 1. The van der Waals surface area contributed by atoms with Crippen molar-refractivity contribution in [3.63, 3.8) is 0 Å². The van der Waals surface area contributed by atoms with Crippen LogP contribution in [0.25, 0.3) is 0 Å². The molecule has 1 unspecified atom stereocenters. The van der Waals surface area contributed by atoms with Crippen molar-refractivity contribution < 1.29 is 4.74 Å². The van der Waals surface area contributed by atoms with E-state index in [-0.39, 0.29) is 0 Å². The van der Waals surface area contributed by atoms with Gasteiger partial charge in [-0.15, -0.1) is 0 Å². The van der Waals surface area contributed by atoms with Gasteiger partial charge >= 0.3 is 0 Å². The third-order valence-corrected chi connectivity index (χ3v) is 3.97. The fraction of sp³-hybridized carbons (Fsp3) is 0.643. The first-order valence-electron chi connectivity index (χ1n) is 7.09. The van der Waals surface area contributed by atoms with Crippen LogP contribution in [-0.2, 0) is 4.74 Å². The number of nitriles is 1. The maximum absolute atomic E-state index is 9.00. The monoisotopic (exact) mass is 273 g/mol. The largest absolute Gasteiger partial charge is 0.379 e. The predicted molar refractivity (Wildman–Crippen MR) is 74.5 cm³/mol. The molecule has 0 spiro atoms. The summed E-state index contributed by atoms with van der Waals surface area (Å²) in [7, 11) is 0. The number of ether oxygens (including phenoxy) is 1. The topological polar surface area (TPSA) is 65.3 Å². The van der Waals surface area contributed by atoms with Gasteiger partial charge < -0.3 is 9.64 Å². The molecule has 1 aromatic rings. The van der Waals surface area contributed by atoms with Crippen LogP contribution < -0.4 is 4.90 Å². The van der Waals surface area contributed by atoms with Crippen LogP contribution in [0, 0.1) is 18.3 Å². The Morgan fingerprint density at radius 3 is 2.85 bits per heavy atom. The Labute approximate surface area is 119 Å². The third kappa shape index (κ3) is 2.74. The Morgan fingerprint density at radius 2 is 2.10 bits per heavy atom. The lowest BCUT2D eigenvalue weighted by Crippen LogP contribution is -2.44. The quantitative estimate of drug-likeness (QED) is 0.785. The maximum Gasteiger partial charge on any atom is 0.226 e. The van der Waals surface area contributed by atoms with Gasteiger partial charge in [0.25, 0.3) is 0 Å². The number of aromatic nitrogens is 2. The molecule has 6 nitrogen and oxygen atoms in total. The molecule has 0 radical (unpaired) electrons. The van der Waals surface area contributed by atoms with E-state index in [1.807, 2.05) is 6.92 Å². The summed E-state index contributed by atoms with van der Waals surface area (Å²) in [5.74, 6) is 0.692. The van der Waals surface area contributed by atoms with Gasteiger partial charge in [0.05, 0.1) is 13.2 Å². The van der Waals surface area contributed by atoms with E-state index in [2.05, 4.69) is 25.8 Å². The predicted octanol–water partition coefficient (Wildman–Crippen LogP) is 0.568. The number of morpholine rings is 1. The second-order valence-corrected chi connectivity index (χ2v) is 5.34.